The van der Waals surface area contributed by atoms with Crippen LogP contribution in [0.4, 0.5) is 15.8 Å². The fourth-order valence-electron chi connectivity index (χ4n) is 2.03. The van der Waals surface area contributed by atoms with Crippen LogP contribution in [0.2, 0.25) is 0 Å². The third-order valence-electron chi connectivity index (χ3n) is 3.20. The number of nitrogens with one attached hydrogen (secondary N) is 2. The van der Waals surface area contributed by atoms with Crippen LogP contribution in [0.15, 0.2) is 36.4 Å². The van der Waals surface area contributed by atoms with E-state index >= 15 is 0 Å². The van der Waals surface area contributed by atoms with Crippen molar-refractivity contribution < 1.29 is 9.18 Å². The molecule has 1 amide bonds. The number of benzene rings is 2. The van der Waals surface area contributed by atoms with Crippen molar-refractivity contribution in [3.05, 3.63) is 58.9 Å². The Labute approximate surface area is 117 Å². The molecule has 0 heterocycles. The SMILES string of the molecule is CNc1ccc(C(=O)Nc2ccc(F)cc2C)c(C)c1. The molecule has 3 nitrogen and oxygen atoms in total. The summed E-state index contributed by atoms with van der Waals surface area (Å²) in [5.74, 6) is -0.505. The third-order valence-corrected chi connectivity index (χ3v) is 3.20. The van der Waals surface area contributed by atoms with E-state index in [1.54, 1.807) is 19.1 Å². The molecule has 0 aliphatic rings. The van der Waals surface area contributed by atoms with E-state index in [0.29, 0.717) is 16.8 Å². The molecule has 20 heavy (non-hydrogen) atoms. The first-order valence-corrected chi connectivity index (χ1v) is 6.37. The molecule has 2 aromatic carbocycles. The molecule has 4 heteroatoms. The number of carbonyl (C=O) groups is 1. The number of rotatable bonds is 3. The Morgan fingerprint density at radius 3 is 2.40 bits per heavy atom. The highest BCUT2D eigenvalue weighted by atomic mass is 19.1. The van der Waals surface area contributed by atoms with Gasteiger partial charge in [-0.25, -0.2) is 4.39 Å². The number of carbonyl (C=O) groups excluding carboxylic acids is 1. The second kappa shape index (κ2) is 5.74. The van der Waals surface area contributed by atoms with Crippen LogP contribution in [0.5, 0.6) is 0 Å². The molecule has 0 unspecified atom stereocenters. The van der Waals surface area contributed by atoms with E-state index in [1.165, 1.54) is 12.1 Å². The molecule has 0 aromatic heterocycles. The summed E-state index contributed by atoms with van der Waals surface area (Å²) >= 11 is 0. The third kappa shape index (κ3) is 2.96. The van der Waals surface area contributed by atoms with E-state index in [4.69, 9.17) is 0 Å². The Hall–Kier alpha value is -2.36. The van der Waals surface area contributed by atoms with Crippen molar-refractivity contribution in [2.75, 3.05) is 17.7 Å². The van der Waals surface area contributed by atoms with Crippen LogP contribution in [-0.2, 0) is 0 Å². The summed E-state index contributed by atoms with van der Waals surface area (Å²) in [6.07, 6.45) is 0. The molecule has 0 saturated heterocycles. The normalized spacial score (nSPS) is 10.2. The van der Waals surface area contributed by atoms with Crippen molar-refractivity contribution >= 4 is 17.3 Å². The molecule has 2 N–H and O–H groups in total. The second-order valence-corrected chi connectivity index (χ2v) is 4.69. The van der Waals surface area contributed by atoms with Gasteiger partial charge in [-0.15, -0.1) is 0 Å². The minimum Gasteiger partial charge on any atom is -0.388 e. The molecule has 0 spiro atoms. The number of halogens is 1. The average Bonchev–Trinajstić information content (AvgIpc) is 2.41. The lowest BCUT2D eigenvalue weighted by molar-refractivity contribution is 0.102. The predicted octanol–water partition coefficient (Wildman–Crippen LogP) is 3.74. The summed E-state index contributed by atoms with van der Waals surface area (Å²) in [5, 5.41) is 5.83. The van der Waals surface area contributed by atoms with Crippen LogP contribution in [0, 0.1) is 19.7 Å². The van der Waals surface area contributed by atoms with Gasteiger partial charge in [-0.05, 0) is 61.4 Å². The first kappa shape index (κ1) is 14.1. The van der Waals surface area contributed by atoms with Crippen LogP contribution >= 0.6 is 0 Å². The molecule has 2 rings (SSSR count). The maximum atomic E-state index is 13.0. The van der Waals surface area contributed by atoms with Crippen LogP contribution in [0.3, 0.4) is 0 Å². The maximum Gasteiger partial charge on any atom is 0.255 e. The van der Waals surface area contributed by atoms with Gasteiger partial charge >= 0.3 is 0 Å². The van der Waals surface area contributed by atoms with Crippen molar-refractivity contribution in [2.24, 2.45) is 0 Å². The quantitative estimate of drug-likeness (QED) is 0.893. The topological polar surface area (TPSA) is 41.1 Å². The Bertz CT molecular complexity index is 653. The van der Waals surface area contributed by atoms with Crippen molar-refractivity contribution in [2.45, 2.75) is 13.8 Å². The molecular weight excluding hydrogens is 255 g/mol. The molecule has 0 aliphatic carbocycles. The number of amides is 1. The van der Waals surface area contributed by atoms with E-state index in [0.717, 1.165) is 11.3 Å². The fourth-order valence-corrected chi connectivity index (χ4v) is 2.03. The number of hydrogen-bond donors (Lipinski definition) is 2. The van der Waals surface area contributed by atoms with E-state index in [-0.39, 0.29) is 11.7 Å². The maximum absolute atomic E-state index is 13.0. The minimum absolute atomic E-state index is 0.195. The summed E-state index contributed by atoms with van der Waals surface area (Å²) < 4.78 is 13.0. The molecule has 0 bridgehead atoms. The van der Waals surface area contributed by atoms with Crippen LogP contribution in [0.25, 0.3) is 0 Å². The van der Waals surface area contributed by atoms with Crippen molar-refractivity contribution in [1.82, 2.24) is 0 Å². The van der Waals surface area contributed by atoms with E-state index < -0.39 is 0 Å². The zero-order valence-corrected chi connectivity index (χ0v) is 11.8. The van der Waals surface area contributed by atoms with E-state index in [9.17, 15) is 9.18 Å². The standard InChI is InChI=1S/C16H17FN2O/c1-10-9-13(18-3)5-6-14(10)16(20)19-15-7-4-12(17)8-11(15)2/h4-9,18H,1-3H3,(H,19,20). The number of hydrogen-bond acceptors (Lipinski definition) is 2. The highest BCUT2D eigenvalue weighted by Crippen LogP contribution is 2.19. The summed E-state index contributed by atoms with van der Waals surface area (Å²) in [6.45, 7) is 3.64. The van der Waals surface area contributed by atoms with Gasteiger partial charge in [-0.1, -0.05) is 0 Å². The van der Waals surface area contributed by atoms with Gasteiger partial charge < -0.3 is 10.6 Å². The summed E-state index contributed by atoms with van der Waals surface area (Å²) in [4.78, 5) is 12.2. The molecule has 0 radical (unpaired) electrons. The number of aryl methyl sites for hydroxylation is 2. The molecule has 0 fully saturated rings. The molecule has 2 aromatic rings. The van der Waals surface area contributed by atoms with Gasteiger partial charge in [0.25, 0.3) is 5.91 Å². The smallest absolute Gasteiger partial charge is 0.255 e. The van der Waals surface area contributed by atoms with Crippen LogP contribution in [0.1, 0.15) is 21.5 Å². The largest absolute Gasteiger partial charge is 0.388 e. The van der Waals surface area contributed by atoms with Gasteiger partial charge in [0.1, 0.15) is 5.82 Å². The second-order valence-electron chi connectivity index (χ2n) is 4.69. The zero-order chi connectivity index (χ0) is 14.7. The van der Waals surface area contributed by atoms with Gasteiger partial charge in [0.05, 0.1) is 0 Å². The van der Waals surface area contributed by atoms with Crippen molar-refractivity contribution in [3.63, 3.8) is 0 Å². The lowest BCUT2D eigenvalue weighted by Gasteiger charge is -2.11. The molecule has 0 atom stereocenters. The lowest BCUT2D eigenvalue weighted by Crippen LogP contribution is -2.14. The Morgan fingerprint density at radius 1 is 1.05 bits per heavy atom. The predicted molar refractivity (Wildman–Crippen MR) is 79.8 cm³/mol. The molecule has 0 aliphatic heterocycles. The minimum atomic E-state index is -0.310. The van der Waals surface area contributed by atoms with Crippen molar-refractivity contribution in [3.8, 4) is 0 Å². The van der Waals surface area contributed by atoms with Crippen LogP contribution in [-0.4, -0.2) is 13.0 Å². The lowest BCUT2D eigenvalue weighted by atomic mass is 10.1. The molecule has 0 saturated carbocycles. The highest BCUT2D eigenvalue weighted by molar-refractivity contribution is 6.05. The first-order chi connectivity index (χ1) is 9.51. The summed E-state index contributed by atoms with van der Waals surface area (Å²) in [6, 6.07) is 9.83. The van der Waals surface area contributed by atoms with Gasteiger partial charge in [-0.2, -0.15) is 0 Å². The van der Waals surface area contributed by atoms with E-state index in [2.05, 4.69) is 10.6 Å². The van der Waals surface area contributed by atoms with Crippen molar-refractivity contribution in [1.29, 1.82) is 0 Å². The van der Waals surface area contributed by atoms with Gasteiger partial charge in [0.2, 0.25) is 0 Å². The fraction of sp³-hybridized carbons (Fsp3) is 0.188. The summed E-state index contributed by atoms with van der Waals surface area (Å²) in [5.41, 5.74) is 3.76. The molecule has 104 valence electrons. The Balaban J connectivity index is 2.24. The first-order valence-electron chi connectivity index (χ1n) is 6.37. The Morgan fingerprint density at radius 2 is 1.80 bits per heavy atom. The summed E-state index contributed by atoms with van der Waals surface area (Å²) in [7, 11) is 1.83. The average molecular weight is 272 g/mol. The van der Waals surface area contributed by atoms with Gasteiger partial charge in [0, 0.05) is 24.0 Å². The monoisotopic (exact) mass is 272 g/mol. The van der Waals surface area contributed by atoms with E-state index in [1.807, 2.05) is 26.1 Å². The number of anilines is 2. The highest BCUT2D eigenvalue weighted by Gasteiger charge is 2.11. The molecular formula is C16H17FN2O. The zero-order valence-electron chi connectivity index (χ0n) is 11.8. The van der Waals surface area contributed by atoms with Crippen LogP contribution < -0.4 is 10.6 Å². The Kier molecular flexibility index (Phi) is 4.03. The van der Waals surface area contributed by atoms with Gasteiger partial charge in [0.15, 0.2) is 0 Å². The van der Waals surface area contributed by atoms with Gasteiger partial charge in [-0.3, -0.25) is 4.79 Å².